The minimum absolute atomic E-state index is 0.0177. The largest absolute Gasteiger partial charge is 0.508 e. The van der Waals surface area contributed by atoms with Crippen molar-refractivity contribution >= 4 is 17.5 Å². The number of oxime groups is 1. The van der Waals surface area contributed by atoms with Crippen LogP contribution in [0.15, 0.2) is 40.6 Å². The number of imide groups is 1. The van der Waals surface area contributed by atoms with Gasteiger partial charge in [0.1, 0.15) is 10.7 Å². The number of phenolic OH excluding ortho intramolecular Hbond substituents is 1. The van der Waals surface area contributed by atoms with E-state index < -0.39 is 11.8 Å². The Morgan fingerprint density at radius 2 is 1.83 bits per heavy atom. The van der Waals surface area contributed by atoms with Crippen LogP contribution in [0.25, 0.3) is 4.95 Å². The van der Waals surface area contributed by atoms with Gasteiger partial charge in [0.2, 0.25) is 5.71 Å². The molecule has 1 aromatic rings. The highest BCUT2D eigenvalue weighted by Gasteiger charge is 2.45. The maximum Gasteiger partial charge on any atom is 0.383 e. The Morgan fingerprint density at radius 3 is 2.39 bits per heavy atom. The number of amides is 2. The Kier molecular flexibility index (Phi) is 3.81. The first-order valence-electron chi connectivity index (χ1n) is 7.20. The molecule has 1 aliphatic heterocycles. The topological polar surface area (TPSA) is 94.6 Å². The summed E-state index contributed by atoms with van der Waals surface area (Å²) < 4.78 is 0. The van der Waals surface area contributed by atoms with Crippen LogP contribution in [-0.4, -0.2) is 32.8 Å². The molecule has 0 atom stereocenters. The van der Waals surface area contributed by atoms with Gasteiger partial charge in [0, 0.05) is 16.7 Å². The standard InChI is InChI=1S/C16H13N3O4/c20-11-5-3-4-10(8-11)14(18-23)9-17-19-15(21)12-6-1-2-7-13(12)16(19)22/h3-5,8,20H,1-2,6-7H2/p+1. The molecule has 2 amide bonds. The highest BCUT2D eigenvalue weighted by Crippen LogP contribution is 2.33. The van der Waals surface area contributed by atoms with E-state index in [4.69, 9.17) is 5.21 Å². The van der Waals surface area contributed by atoms with Crippen molar-refractivity contribution < 1.29 is 19.9 Å². The van der Waals surface area contributed by atoms with Crippen molar-refractivity contribution in [3.8, 4) is 11.8 Å². The summed E-state index contributed by atoms with van der Waals surface area (Å²) >= 11 is 0. The van der Waals surface area contributed by atoms with Gasteiger partial charge in [0.15, 0.2) is 0 Å². The Bertz CT molecular complexity index is 786. The molecule has 116 valence electrons. The molecule has 7 nitrogen and oxygen atoms in total. The van der Waals surface area contributed by atoms with Crippen LogP contribution in [0.3, 0.4) is 0 Å². The summed E-state index contributed by atoms with van der Waals surface area (Å²) in [5, 5.41) is 22.3. The Morgan fingerprint density at radius 1 is 1.17 bits per heavy atom. The first-order valence-corrected chi connectivity index (χ1v) is 7.20. The lowest BCUT2D eigenvalue weighted by atomic mass is 9.93. The first-order chi connectivity index (χ1) is 11.1. The molecule has 0 unspecified atom stereocenters. The van der Waals surface area contributed by atoms with Gasteiger partial charge in [-0.3, -0.25) is 9.59 Å². The van der Waals surface area contributed by atoms with Gasteiger partial charge in [-0.2, -0.15) is 0 Å². The molecule has 0 aromatic heterocycles. The summed E-state index contributed by atoms with van der Waals surface area (Å²) in [5.41, 5.74) is 1.30. The predicted molar refractivity (Wildman–Crippen MR) is 81.0 cm³/mol. The van der Waals surface area contributed by atoms with Crippen LogP contribution in [-0.2, 0) is 9.59 Å². The van der Waals surface area contributed by atoms with Crippen LogP contribution in [0, 0.1) is 6.07 Å². The van der Waals surface area contributed by atoms with Crippen LogP contribution < -0.4 is 0 Å². The molecule has 23 heavy (non-hydrogen) atoms. The summed E-state index contributed by atoms with van der Waals surface area (Å²) in [4.78, 5) is 28.2. The minimum Gasteiger partial charge on any atom is -0.508 e. The zero-order valence-corrected chi connectivity index (χ0v) is 12.2. The van der Waals surface area contributed by atoms with E-state index in [-0.39, 0.29) is 11.5 Å². The highest BCUT2D eigenvalue weighted by molar-refractivity contribution is 6.20. The number of nitrogens with zero attached hydrogens (tertiary/aromatic N) is 3. The van der Waals surface area contributed by atoms with Gasteiger partial charge in [-0.05, 0) is 37.8 Å². The second-order valence-electron chi connectivity index (χ2n) is 5.30. The van der Waals surface area contributed by atoms with Crippen LogP contribution in [0.1, 0.15) is 31.2 Å². The van der Waals surface area contributed by atoms with Crippen molar-refractivity contribution in [2.75, 3.05) is 0 Å². The molecule has 3 rings (SSSR count). The highest BCUT2D eigenvalue weighted by atomic mass is 16.4. The summed E-state index contributed by atoms with van der Waals surface area (Å²) in [6.07, 6.45) is 2.93. The predicted octanol–water partition coefficient (Wildman–Crippen LogP) is 2.06. The molecule has 7 heteroatoms. The second kappa shape index (κ2) is 5.93. The minimum atomic E-state index is -0.439. The van der Waals surface area contributed by atoms with E-state index in [1.54, 1.807) is 12.1 Å². The molecule has 1 aromatic carbocycles. The first kappa shape index (κ1) is 14.8. The molecule has 0 saturated heterocycles. The molecule has 0 radical (unpaired) electrons. The average molecular weight is 312 g/mol. The zero-order chi connectivity index (χ0) is 16.4. The fourth-order valence-corrected chi connectivity index (χ4v) is 2.71. The summed E-state index contributed by atoms with van der Waals surface area (Å²) in [6, 6.07) is 8.35. The lowest BCUT2D eigenvalue weighted by Gasteiger charge is -2.07. The number of aromatic hydroxyl groups is 1. The van der Waals surface area contributed by atoms with E-state index in [1.807, 2.05) is 0 Å². The lowest BCUT2D eigenvalue weighted by Crippen LogP contribution is -2.24. The van der Waals surface area contributed by atoms with Gasteiger partial charge in [-0.25, -0.2) is 0 Å². The number of hydrogen-bond donors (Lipinski definition) is 2. The van der Waals surface area contributed by atoms with Crippen LogP contribution in [0.4, 0.5) is 0 Å². The van der Waals surface area contributed by atoms with Crippen molar-refractivity contribution in [3.05, 3.63) is 45.9 Å². The van der Waals surface area contributed by atoms with Gasteiger partial charge in [-0.15, -0.1) is 0 Å². The monoisotopic (exact) mass is 312 g/mol. The third kappa shape index (κ3) is 2.66. The molecule has 2 aliphatic rings. The number of rotatable bonds is 1. The van der Waals surface area contributed by atoms with Crippen LogP contribution >= 0.6 is 0 Å². The fourth-order valence-electron chi connectivity index (χ4n) is 2.71. The maximum absolute atomic E-state index is 12.2. The van der Waals surface area contributed by atoms with Gasteiger partial charge in [0.05, 0.1) is 5.01 Å². The maximum atomic E-state index is 12.2. The molecular weight excluding hydrogens is 298 g/mol. The zero-order valence-electron chi connectivity index (χ0n) is 12.2. The third-order valence-electron chi connectivity index (χ3n) is 3.84. The van der Waals surface area contributed by atoms with Gasteiger partial charge < -0.3 is 10.3 Å². The third-order valence-corrected chi connectivity index (χ3v) is 3.84. The van der Waals surface area contributed by atoms with E-state index in [9.17, 15) is 14.7 Å². The molecule has 0 saturated carbocycles. The van der Waals surface area contributed by atoms with Crippen LogP contribution in [0.5, 0.6) is 5.75 Å². The second-order valence-corrected chi connectivity index (χ2v) is 5.30. The quantitative estimate of drug-likeness (QED) is 0.359. The van der Waals surface area contributed by atoms with Crippen molar-refractivity contribution in [3.63, 3.8) is 0 Å². The van der Waals surface area contributed by atoms with E-state index in [0.717, 1.165) is 17.9 Å². The normalized spacial score (nSPS) is 17.9. The van der Waals surface area contributed by atoms with E-state index in [2.05, 4.69) is 16.2 Å². The number of phenols is 1. The van der Waals surface area contributed by atoms with Crippen molar-refractivity contribution in [2.24, 2.45) is 5.16 Å². The Labute approximate surface area is 131 Å². The molecule has 0 bridgehead atoms. The van der Waals surface area contributed by atoms with Crippen molar-refractivity contribution in [1.82, 2.24) is 5.01 Å². The summed E-state index contributed by atoms with van der Waals surface area (Å²) in [6.45, 7) is 0. The number of carbonyl (C=O) groups excluding carboxylic acids is 2. The molecule has 1 aliphatic carbocycles. The molecule has 2 N–H and O–H groups in total. The summed E-state index contributed by atoms with van der Waals surface area (Å²) in [5.74, 6) is -0.897. The Balaban J connectivity index is 1.87. The molecular formula is C16H14N3O4+. The van der Waals surface area contributed by atoms with Gasteiger partial charge in [-0.1, -0.05) is 17.3 Å². The molecule has 1 heterocycles. The Hall–Kier alpha value is -3.14. The van der Waals surface area contributed by atoms with Crippen molar-refractivity contribution in [1.29, 1.82) is 0 Å². The number of hydrogen-bond acceptors (Lipinski definition) is 5. The summed E-state index contributed by atoms with van der Waals surface area (Å²) in [7, 11) is 0. The van der Waals surface area contributed by atoms with Gasteiger partial charge >= 0.3 is 17.9 Å². The number of carbonyl (C=O) groups is 2. The smallest absolute Gasteiger partial charge is 0.383 e. The van der Waals surface area contributed by atoms with Crippen molar-refractivity contribution in [2.45, 2.75) is 25.7 Å². The number of benzene rings is 1. The van der Waals surface area contributed by atoms with Gasteiger partial charge in [0.25, 0.3) is 0 Å². The molecule has 0 fully saturated rings. The lowest BCUT2D eigenvalue weighted by molar-refractivity contribution is -0.134. The van der Waals surface area contributed by atoms with E-state index >= 15 is 0 Å². The average Bonchev–Trinajstić information content (AvgIpc) is 2.81. The molecule has 0 spiro atoms. The fraction of sp³-hybridized carbons (Fsp3) is 0.250. The van der Waals surface area contributed by atoms with Crippen LogP contribution in [0.2, 0.25) is 0 Å². The van der Waals surface area contributed by atoms with E-state index in [1.165, 1.54) is 12.1 Å². The van der Waals surface area contributed by atoms with E-state index in [0.29, 0.717) is 29.6 Å². The SMILES string of the molecule is O=C1C2=C(CCCC2)C(=O)N1[N+]#CC(=NO)c1cccc(O)c1.